The molecule has 0 aliphatic heterocycles. The number of rotatable bonds is 9. The molecule has 0 saturated heterocycles. The lowest BCUT2D eigenvalue weighted by molar-refractivity contribution is -0.856. The number of nitrogens with zero attached hydrogens (tertiary/aromatic N) is 1. The van der Waals surface area contributed by atoms with Crippen LogP contribution in [-0.4, -0.2) is 65.3 Å². The van der Waals surface area contributed by atoms with Crippen molar-refractivity contribution in [2.24, 2.45) is 0 Å². The Morgan fingerprint density at radius 3 is 2.21 bits per heavy atom. The van der Waals surface area contributed by atoms with Gasteiger partial charge in [-0.05, 0) is 19.1 Å². The Labute approximate surface area is 174 Å². The van der Waals surface area contributed by atoms with Gasteiger partial charge >= 0.3 is 0 Å². The van der Waals surface area contributed by atoms with E-state index in [1.165, 1.54) is 26.2 Å². The maximum Gasteiger partial charge on any atom is 0.263 e. The second-order valence-corrected chi connectivity index (χ2v) is 7.51. The first kappa shape index (κ1) is 22.4. The highest BCUT2D eigenvalue weighted by molar-refractivity contribution is 7.17. The number of carbonyl (C=O) groups excluding carboxylic acids is 2. The number of hydrogen-bond donors (Lipinski definition) is 3. The molecule has 2 amide bonds. The van der Waals surface area contributed by atoms with E-state index < -0.39 is 5.91 Å². The van der Waals surface area contributed by atoms with Crippen LogP contribution in [0.3, 0.4) is 0 Å². The Morgan fingerprint density at radius 2 is 1.69 bits per heavy atom. The summed E-state index contributed by atoms with van der Waals surface area (Å²) < 4.78 is 15.8. The smallest absolute Gasteiger partial charge is 0.263 e. The highest BCUT2D eigenvalue weighted by Crippen LogP contribution is 2.38. The largest absolute Gasteiger partial charge is 0.493 e. The number of likely N-dealkylation sites (N-methyl/N-ethyl adjacent to an activating group) is 1. The van der Waals surface area contributed by atoms with Gasteiger partial charge in [0.15, 0.2) is 16.6 Å². The van der Waals surface area contributed by atoms with Crippen LogP contribution in [0.5, 0.6) is 17.2 Å². The Hall–Kier alpha value is -2.85. The monoisotopic (exact) mass is 423 g/mol. The topological polar surface area (TPSA) is 103 Å². The van der Waals surface area contributed by atoms with Crippen LogP contribution in [0, 0.1) is 6.92 Å². The molecule has 0 saturated carbocycles. The molecule has 0 bridgehead atoms. The van der Waals surface area contributed by atoms with Crippen molar-refractivity contribution in [1.82, 2.24) is 10.3 Å². The van der Waals surface area contributed by atoms with Crippen LogP contribution in [0.15, 0.2) is 12.1 Å². The van der Waals surface area contributed by atoms with E-state index in [4.69, 9.17) is 14.2 Å². The summed E-state index contributed by atoms with van der Waals surface area (Å²) in [5, 5.41) is 5.92. The van der Waals surface area contributed by atoms with Crippen molar-refractivity contribution in [3.8, 4) is 17.2 Å². The molecule has 1 heterocycles. The summed E-state index contributed by atoms with van der Waals surface area (Å²) in [7, 11) is 8.48. The molecule has 2 rings (SSSR count). The maximum atomic E-state index is 12.7. The fraction of sp³-hybridized carbons (Fsp3) is 0.421. The SMILES string of the molecule is COc1cc(C(=O)Nc2nc(C)c(C(=O)NCC[NH+](C)C)s2)cc(OC)c1OC. The molecule has 0 spiro atoms. The van der Waals surface area contributed by atoms with Gasteiger partial charge in [0.1, 0.15) is 4.88 Å². The van der Waals surface area contributed by atoms with Gasteiger partial charge in [-0.2, -0.15) is 0 Å². The number of anilines is 1. The second-order valence-electron chi connectivity index (χ2n) is 6.51. The van der Waals surface area contributed by atoms with Gasteiger partial charge in [0.05, 0.1) is 54.2 Å². The van der Waals surface area contributed by atoms with E-state index in [0.717, 1.165) is 17.9 Å². The second kappa shape index (κ2) is 10.1. The molecule has 1 aromatic carbocycles. The summed E-state index contributed by atoms with van der Waals surface area (Å²) in [5.74, 6) is 0.539. The summed E-state index contributed by atoms with van der Waals surface area (Å²) in [4.78, 5) is 31.0. The molecule has 10 heteroatoms. The van der Waals surface area contributed by atoms with Gasteiger partial charge in [0, 0.05) is 5.56 Å². The third-order valence-electron chi connectivity index (χ3n) is 4.06. The Kier molecular flexibility index (Phi) is 7.80. The predicted molar refractivity (Wildman–Crippen MR) is 111 cm³/mol. The molecule has 3 N–H and O–H groups in total. The van der Waals surface area contributed by atoms with Crippen molar-refractivity contribution in [2.75, 3.05) is 53.8 Å². The average molecular weight is 424 g/mol. The quantitative estimate of drug-likeness (QED) is 0.546. The Morgan fingerprint density at radius 1 is 1.07 bits per heavy atom. The van der Waals surface area contributed by atoms with Gasteiger partial charge in [-0.15, -0.1) is 0 Å². The number of quaternary nitrogens is 1. The van der Waals surface area contributed by atoms with Gasteiger partial charge in [-0.25, -0.2) is 4.98 Å². The molecular weight excluding hydrogens is 396 g/mol. The molecule has 2 aromatic rings. The minimum absolute atomic E-state index is 0.200. The summed E-state index contributed by atoms with van der Waals surface area (Å²) in [6.07, 6.45) is 0. The summed E-state index contributed by atoms with van der Waals surface area (Å²) >= 11 is 1.13. The number of ether oxygens (including phenoxy) is 3. The van der Waals surface area contributed by atoms with Crippen molar-refractivity contribution >= 4 is 28.3 Å². The van der Waals surface area contributed by atoms with Crippen LogP contribution in [0.4, 0.5) is 5.13 Å². The molecule has 158 valence electrons. The molecule has 9 nitrogen and oxygen atoms in total. The highest BCUT2D eigenvalue weighted by atomic mass is 32.1. The highest BCUT2D eigenvalue weighted by Gasteiger charge is 2.20. The lowest BCUT2D eigenvalue weighted by Crippen LogP contribution is -3.06. The minimum Gasteiger partial charge on any atom is -0.493 e. The van der Waals surface area contributed by atoms with E-state index >= 15 is 0 Å². The maximum absolute atomic E-state index is 12.7. The van der Waals surface area contributed by atoms with E-state index in [2.05, 4.69) is 15.6 Å². The number of methoxy groups -OCH3 is 3. The van der Waals surface area contributed by atoms with Crippen molar-refractivity contribution in [2.45, 2.75) is 6.92 Å². The third-order valence-corrected chi connectivity index (χ3v) is 5.13. The first-order chi connectivity index (χ1) is 13.8. The van der Waals surface area contributed by atoms with Crippen molar-refractivity contribution in [3.05, 3.63) is 28.3 Å². The number of hydrogen-bond acceptors (Lipinski definition) is 7. The average Bonchev–Trinajstić information content (AvgIpc) is 3.06. The number of amides is 2. The van der Waals surface area contributed by atoms with E-state index in [-0.39, 0.29) is 5.91 Å². The van der Waals surface area contributed by atoms with Crippen LogP contribution < -0.4 is 29.7 Å². The zero-order valence-corrected chi connectivity index (χ0v) is 18.3. The molecule has 0 radical (unpaired) electrons. The number of aryl methyl sites for hydroxylation is 1. The summed E-state index contributed by atoms with van der Waals surface area (Å²) in [5.41, 5.74) is 0.872. The molecule has 0 atom stereocenters. The van der Waals surface area contributed by atoms with Crippen molar-refractivity contribution in [3.63, 3.8) is 0 Å². The molecule has 0 aliphatic rings. The normalized spacial score (nSPS) is 10.6. The molecule has 0 unspecified atom stereocenters. The molecule has 0 aliphatic carbocycles. The Balaban J connectivity index is 2.16. The first-order valence-corrected chi connectivity index (χ1v) is 9.78. The lowest BCUT2D eigenvalue weighted by atomic mass is 10.1. The predicted octanol–water partition coefficient (Wildman–Crippen LogP) is 0.604. The van der Waals surface area contributed by atoms with E-state index in [9.17, 15) is 9.59 Å². The number of nitrogens with one attached hydrogen (secondary N) is 3. The minimum atomic E-state index is -0.402. The molecule has 29 heavy (non-hydrogen) atoms. The molecule has 1 aromatic heterocycles. The number of benzene rings is 1. The lowest BCUT2D eigenvalue weighted by Gasteiger charge is -2.13. The van der Waals surface area contributed by atoms with Crippen LogP contribution in [0.25, 0.3) is 0 Å². The summed E-state index contributed by atoms with van der Waals surface area (Å²) in [6, 6.07) is 3.10. The van der Waals surface area contributed by atoms with Crippen LogP contribution >= 0.6 is 11.3 Å². The third kappa shape index (κ3) is 5.58. The van der Waals surface area contributed by atoms with Gasteiger partial charge in [-0.3, -0.25) is 14.9 Å². The Bertz CT molecular complexity index is 856. The fourth-order valence-corrected chi connectivity index (χ4v) is 3.43. The van der Waals surface area contributed by atoms with Crippen LogP contribution in [0.1, 0.15) is 25.7 Å². The van der Waals surface area contributed by atoms with Crippen molar-refractivity contribution in [1.29, 1.82) is 0 Å². The number of aromatic nitrogens is 1. The fourth-order valence-electron chi connectivity index (χ4n) is 2.55. The van der Waals surface area contributed by atoms with Gasteiger partial charge in [0.2, 0.25) is 5.75 Å². The molecule has 0 fully saturated rings. The van der Waals surface area contributed by atoms with Gasteiger partial charge < -0.3 is 24.4 Å². The standard InChI is InChI=1S/C19H26N4O5S/c1-11-16(18(25)20-7-8-23(2)3)29-19(21-11)22-17(24)12-9-13(26-4)15(28-6)14(10-12)27-5/h9-10H,7-8H2,1-6H3,(H,20,25)(H,21,22,24)/p+1. The van der Waals surface area contributed by atoms with Crippen LogP contribution in [-0.2, 0) is 0 Å². The van der Waals surface area contributed by atoms with Crippen molar-refractivity contribution < 1.29 is 28.7 Å². The van der Waals surface area contributed by atoms with Gasteiger partial charge in [-0.1, -0.05) is 11.3 Å². The zero-order valence-electron chi connectivity index (χ0n) is 17.5. The molecular formula is C19H27N4O5S+. The zero-order chi connectivity index (χ0) is 21.6. The summed E-state index contributed by atoms with van der Waals surface area (Å²) in [6.45, 7) is 3.11. The van der Waals surface area contributed by atoms with E-state index in [0.29, 0.717) is 45.1 Å². The van der Waals surface area contributed by atoms with E-state index in [1.54, 1.807) is 19.1 Å². The number of carbonyl (C=O) groups is 2. The number of thiazole rings is 1. The van der Waals surface area contributed by atoms with E-state index in [1.807, 2.05) is 14.1 Å². The van der Waals surface area contributed by atoms with Gasteiger partial charge in [0.25, 0.3) is 11.8 Å². The first-order valence-electron chi connectivity index (χ1n) is 8.96. The van der Waals surface area contributed by atoms with Crippen LogP contribution in [0.2, 0.25) is 0 Å².